The first kappa shape index (κ1) is 16.8. The summed E-state index contributed by atoms with van der Waals surface area (Å²) in [5.41, 5.74) is 0. The summed E-state index contributed by atoms with van der Waals surface area (Å²) in [5, 5.41) is 12.2. The summed E-state index contributed by atoms with van der Waals surface area (Å²) < 4.78 is 0. The Hall–Kier alpha value is -1.26. The van der Waals surface area contributed by atoms with Gasteiger partial charge in [0.05, 0.1) is 0 Å². The van der Waals surface area contributed by atoms with E-state index >= 15 is 0 Å². The zero-order valence-corrected chi connectivity index (χ0v) is 12.9. The maximum absolute atomic E-state index is 12.3. The molecule has 0 aromatic rings. The number of carbonyl (C=O) groups is 2. The molecule has 0 bridgehead atoms. The topological polar surface area (TPSA) is 69.6 Å². The van der Waals surface area contributed by atoms with Crippen LogP contribution in [0.5, 0.6) is 0 Å². The second-order valence-electron chi connectivity index (χ2n) is 6.00. The number of carbonyl (C=O) groups excluding carboxylic acids is 1. The first-order chi connectivity index (χ1) is 9.45. The predicted octanol–water partition coefficient (Wildman–Crippen LogP) is 2.85. The van der Waals surface area contributed by atoms with Gasteiger partial charge in [-0.25, -0.2) is 9.59 Å². The molecule has 2 N–H and O–H groups in total. The van der Waals surface area contributed by atoms with Gasteiger partial charge in [0.1, 0.15) is 6.04 Å². The lowest BCUT2D eigenvalue weighted by Crippen LogP contribution is -2.51. The lowest BCUT2D eigenvalue weighted by Gasteiger charge is -2.29. The van der Waals surface area contributed by atoms with Crippen molar-refractivity contribution < 1.29 is 14.7 Å². The molecule has 1 rings (SSSR count). The summed E-state index contributed by atoms with van der Waals surface area (Å²) in [6.07, 6.45) is 5.33. The van der Waals surface area contributed by atoms with E-state index in [1.54, 1.807) is 0 Å². The highest BCUT2D eigenvalue weighted by Crippen LogP contribution is 2.18. The van der Waals surface area contributed by atoms with Crippen LogP contribution in [0.4, 0.5) is 4.79 Å². The van der Waals surface area contributed by atoms with Gasteiger partial charge in [-0.3, -0.25) is 0 Å². The Kier molecular flexibility index (Phi) is 6.82. The third-order valence-corrected chi connectivity index (χ3v) is 4.12. The number of hydrogen-bond donors (Lipinski definition) is 2. The molecule has 116 valence electrons. The van der Waals surface area contributed by atoms with Crippen molar-refractivity contribution in [3.63, 3.8) is 0 Å². The molecule has 3 unspecified atom stereocenters. The zero-order chi connectivity index (χ0) is 15.1. The Morgan fingerprint density at radius 1 is 1.30 bits per heavy atom. The molecule has 0 aromatic carbocycles. The van der Waals surface area contributed by atoms with Gasteiger partial charge in [-0.1, -0.05) is 33.1 Å². The molecule has 0 aliphatic carbocycles. The summed E-state index contributed by atoms with van der Waals surface area (Å²) in [5.74, 6) is -0.332. The highest BCUT2D eigenvalue weighted by molar-refractivity contribution is 5.82. The van der Waals surface area contributed by atoms with E-state index < -0.39 is 12.0 Å². The molecule has 1 aliphatic rings. The summed E-state index contributed by atoms with van der Waals surface area (Å²) in [4.78, 5) is 25.1. The minimum absolute atomic E-state index is 0.0788. The summed E-state index contributed by atoms with van der Waals surface area (Å²) in [7, 11) is 0. The number of carboxylic acid groups (broad SMARTS) is 1. The van der Waals surface area contributed by atoms with Crippen LogP contribution in [-0.4, -0.2) is 40.6 Å². The van der Waals surface area contributed by atoms with Crippen molar-refractivity contribution in [2.45, 2.75) is 71.4 Å². The van der Waals surface area contributed by atoms with Crippen LogP contribution in [-0.2, 0) is 4.79 Å². The zero-order valence-electron chi connectivity index (χ0n) is 12.9. The van der Waals surface area contributed by atoms with Crippen LogP contribution in [0.1, 0.15) is 59.3 Å². The number of urea groups is 1. The molecule has 1 fully saturated rings. The average Bonchev–Trinajstić information content (AvgIpc) is 2.63. The van der Waals surface area contributed by atoms with Crippen LogP contribution in [0.25, 0.3) is 0 Å². The van der Waals surface area contributed by atoms with Gasteiger partial charge in [0.25, 0.3) is 0 Å². The molecule has 0 radical (unpaired) electrons. The van der Waals surface area contributed by atoms with Crippen molar-refractivity contribution >= 4 is 12.0 Å². The number of amides is 2. The quantitative estimate of drug-likeness (QED) is 0.815. The molecule has 1 heterocycles. The fourth-order valence-corrected chi connectivity index (χ4v) is 2.73. The van der Waals surface area contributed by atoms with Gasteiger partial charge in [0.2, 0.25) is 0 Å². The number of nitrogens with one attached hydrogen (secondary N) is 1. The number of carboxylic acids is 1. The molecule has 1 saturated heterocycles. The van der Waals surface area contributed by atoms with E-state index in [1.165, 1.54) is 4.90 Å². The third-order valence-electron chi connectivity index (χ3n) is 4.12. The fourth-order valence-electron chi connectivity index (χ4n) is 2.73. The Bertz CT molecular complexity index is 333. The Balaban J connectivity index is 2.60. The molecule has 3 atom stereocenters. The molecule has 5 heteroatoms. The molecular formula is C15H28N2O3. The van der Waals surface area contributed by atoms with Gasteiger partial charge in [0.15, 0.2) is 0 Å². The highest BCUT2D eigenvalue weighted by atomic mass is 16.4. The summed E-state index contributed by atoms with van der Waals surface area (Å²) in [6.45, 7) is 6.82. The van der Waals surface area contributed by atoms with Gasteiger partial charge in [-0.05, 0) is 32.1 Å². The Labute approximate surface area is 121 Å². The van der Waals surface area contributed by atoms with Crippen LogP contribution in [0.3, 0.4) is 0 Å². The molecule has 0 spiro atoms. The van der Waals surface area contributed by atoms with Gasteiger partial charge in [-0.2, -0.15) is 0 Å². The van der Waals surface area contributed by atoms with Gasteiger partial charge >= 0.3 is 12.0 Å². The minimum Gasteiger partial charge on any atom is -0.480 e. The first-order valence-electron chi connectivity index (χ1n) is 7.75. The number of nitrogens with zero attached hydrogens (tertiary/aromatic N) is 1. The monoisotopic (exact) mass is 284 g/mol. The molecule has 1 aliphatic heterocycles. The maximum Gasteiger partial charge on any atom is 0.326 e. The number of rotatable bonds is 5. The molecule has 2 amide bonds. The average molecular weight is 284 g/mol. The van der Waals surface area contributed by atoms with Crippen LogP contribution in [0.15, 0.2) is 0 Å². The lowest BCUT2D eigenvalue weighted by atomic mass is 10.0. The van der Waals surface area contributed by atoms with Crippen molar-refractivity contribution in [3.8, 4) is 0 Å². The smallest absolute Gasteiger partial charge is 0.326 e. The van der Waals surface area contributed by atoms with Crippen molar-refractivity contribution in [1.29, 1.82) is 0 Å². The van der Waals surface area contributed by atoms with Gasteiger partial charge in [-0.15, -0.1) is 0 Å². The largest absolute Gasteiger partial charge is 0.480 e. The van der Waals surface area contributed by atoms with Crippen LogP contribution >= 0.6 is 0 Å². The standard InChI is InChI=1S/C15H28N2O3/c1-4-11(2)10-12(3)16-15(20)17-9-7-5-6-8-13(17)14(18)19/h11-13H,4-10H2,1-3H3,(H,16,20)(H,18,19). The van der Waals surface area contributed by atoms with E-state index in [2.05, 4.69) is 19.2 Å². The molecule has 0 aromatic heterocycles. The van der Waals surface area contributed by atoms with E-state index in [0.29, 0.717) is 18.9 Å². The number of hydrogen-bond acceptors (Lipinski definition) is 2. The molecule has 5 nitrogen and oxygen atoms in total. The lowest BCUT2D eigenvalue weighted by molar-refractivity contribution is -0.142. The van der Waals surface area contributed by atoms with Gasteiger partial charge < -0.3 is 15.3 Å². The Morgan fingerprint density at radius 2 is 2.00 bits per heavy atom. The van der Waals surface area contributed by atoms with Crippen molar-refractivity contribution in [3.05, 3.63) is 0 Å². The van der Waals surface area contributed by atoms with E-state index in [1.807, 2.05) is 6.92 Å². The second-order valence-corrected chi connectivity index (χ2v) is 6.00. The van der Waals surface area contributed by atoms with Gasteiger partial charge in [0, 0.05) is 12.6 Å². The SMILES string of the molecule is CCC(C)CC(C)NC(=O)N1CCCCCC1C(=O)O. The summed E-state index contributed by atoms with van der Waals surface area (Å²) >= 11 is 0. The van der Waals surface area contributed by atoms with E-state index in [9.17, 15) is 14.7 Å². The van der Waals surface area contributed by atoms with Crippen molar-refractivity contribution in [2.75, 3.05) is 6.54 Å². The maximum atomic E-state index is 12.3. The first-order valence-corrected chi connectivity index (χ1v) is 7.75. The normalized spacial score (nSPS) is 22.8. The van der Waals surface area contributed by atoms with Crippen molar-refractivity contribution in [2.24, 2.45) is 5.92 Å². The number of likely N-dealkylation sites (tertiary alicyclic amines) is 1. The third kappa shape index (κ3) is 5.02. The molecular weight excluding hydrogens is 256 g/mol. The number of aliphatic carboxylic acids is 1. The van der Waals surface area contributed by atoms with Crippen LogP contribution in [0, 0.1) is 5.92 Å². The van der Waals surface area contributed by atoms with E-state index in [4.69, 9.17) is 0 Å². The van der Waals surface area contributed by atoms with Crippen molar-refractivity contribution in [1.82, 2.24) is 10.2 Å². The Morgan fingerprint density at radius 3 is 2.60 bits per heavy atom. The van der Waals surface area contributed by atoms with Crippen LogP contribution < -0.4 is 5.32 Å². The summed E-state index contributed by atoms with van der Waals surface area (Å²) in [6, 6.07) is -0.821. The van der Waals surface area contributed by atoms with Crippen LogP contribution in [0.2, 0.25) is 0 Å². The highest BCUT2D eigenvalue weighted by Gasteiger charge is 2.31. The fraction of sp³-hybridized carbons (Fsp3) is 0.867. The molecule has 0 saturated carbocycles. The molecule has 20 heavy (non-hydrogen) atoms. The minimum atomic E-state index is -0.892. The van der Waals surface area contributed by atoms with E-state index in [0.717, 1.165) is 32.1 Å². The van der Waals surface area contributed by atoms with E-state index in [-0.39, 0.29) is 12.1 Å². The predicted molar refractivity (Wildman–Crippen MR) is 78.7 cm³/mol. The second kappa shape index (κ2) is 8.12.